The molecule has 0 saturated carbocycles. The summed E-state index contributed by atoms with van der Waals surface area (Å²) >= 11 is 6.14. The van der Waals surface area contributed by atoms with E-state index in [1.165, 1.54) is 19.2 Å². The number of anilines is 1. The molecule has 0 aliphatic rings. The lowest BCUT2D eigenvalue weighted by atomic mass is 10.2. The van der Waals surface area contributed by atoms with Crippen molar-refractivity contribution in [2.75, 3.05) is 32.2 Å². The molecular formula is C20H22ClNO6. The van der Waals surface area contributed by atoms with Gasteiger partial charge in [0.1, 0.15) is 5.75 Å². The second kappa shape index (κ2) is 10.4. The monoisotopic (exact) mass is 407 g/mol. The first-order valence-corrected chi connectivity index (χ1v) is 9.06. The molecular weight excluding hydrogens is 386 g/mol. The molecule has 1 amide bonds. The lowest BCUT2D eigenvalue weighted by Crippen LogP contribution is -2.21. The first-order valence-electron chi connectivity index (χ1n) is 8.68. The van der Waals surface area contributed by atoms with Gasteiger partial charge in [-0.1, -0.05) is 11.6 Å². The van der Waals surface area contributed by atoms with Gasteiger partial charge in [-0.25, -0.2) is 4.79 Å². The number of halogens is 1. The maximum atomic E-state index is 12.2. The average molecular weight is 408 g/mol. The number of ether oxygens (including phenoxy) is 4. The van der Waals surface area contributed by atoms with E-state index in [2.05, 4.69) is 5.32 Å². The Kier molecular flexibility index (Phi) is 7.95. The van der Waals surface area contributed by atoms with Gasteiger partial charge < -0.3 is 24.3 Å². The highest BCUT2D eigenvalue weighted by molar-refractivity contribution is 6.32. The van der Waals surface area contributed by atoms with Crippen LogP contribution >= 0.6 is 11.6 Å². The second-order valence-electron chi connectivity index (χ2n) is 5.50. The molecule has 0 heterocycles. The fourth-order valence-corrected chi connectivity index (χ4v) is 2.60. The van der Waals surface area contributed by atoms with Crippen molar-refractivity contribution in [3.63, 3.8) is 0 Å². The van der Waals surface area contributed by atoms with E-state index in [0.717, 1.165) is 0 Å². The van der Waals surface area contributed by atoms with Gasteiger partial charge in [-0.05, 0) is 50.2 Å². The number of hydrogen-bond acceptors (Lipinski definition) is 6. The molecule has 2 aromatic rings. The Hall–Kier alpha value is -2.93. The summed E-state index contributed by atoms with van der Waals surface area (Å²) in [5, 5.41) is 2.85. The minimum atomic E-state index is -0.704. The summed E-state index contributed by atoms with van der Waals surface area (Å²) < 4.78 is 21.0. The molecule has 28 heavy (non-hydrogen) atoms. The zero-order valence-electron chi connectivity index (χ0n) is 15.9. The largest absolute Gasteiger partial charge is 0.494 e. The van der Waals surface area contributed by atoms with Crippen molar-refractivity contribution in [3.05, 3.63) is 47.0 Å². The first-order chi connectivity index (χ1) is 13.5. The number of nitrogens with one attached hydrogen (secondary N) is 1. The highest BCUT2D eigenvalue weighted by Gasteiger charge is 2.17. The molecule has 8 heteroatoms. The third-order valence-electron chi connectivity index (χ3n) is 3.54. The molecule has 0 bridgehead atoms. The number of carbonyl (C=O) groups is 2. The predicted molar refractivity (Wildman–Crippen MR) is 106 cm³/mol. The second-order valence-corrected chi connectivity index (χ2v) is 5.91. The summed E-state index contributed by atoms with van der Waals surface area (Å²) in [5.74, 6) is 0.177. The fourth-order valence-electron chi connectivity index (χ4n) is 2.33. The van der Waals surface area contributed by atoms with Crippen molar-refractivity contribution in [2.24, 2.45) is 0 Å². The Morgan fingerprint density at radius 1 is 1.04 bits per heavy atom. The van der Waals surface area contributed by atoms with E-state index in [0.29, 0.717) is 36.1 Å². The zero-order chi connectivity index (χ0) is 20.5. The van der Waals surface area contributed by atoms with Crippen LogP contribution in [0.15, 0.2) is 36.4 Å². The molecule has 0 aliphatic carbocycles. The van der Waals surface area contributed by atoms with Crippen molar-refractivity contribution < 1.29 is 28.5 Å². The highest BCUT2D eigenvalue weighted by Crippen LogP contribution is 2.36. The van der Waals surface area contributed by atoms with Crippen LogP contribution in [0, 0.1) is 0 Å². The standard InChI is InChI=1S/C20H22ClNO6/c1-4-26-15-8-6-14(7-9-15)22-18(23)12-28-20(24)13-10-16(21)19(27-5-2)17(11-13)25-3/h6-11H,4-5,12H2,1-3H3,(H,22,23). The summed E-state index contributed by atoms with van der Waals surface area (Å²) in [7, 11) is 1.44. The number of amides is 1. The van der Waals surface area contributed by atoms with Gasteiger partial charge in [0.2, 0.25) is 0 Å². The number of methoxy groups -OCH3 is 1. The number of hydrogen-bond donors (Lipinski definition) is 1. The van der Waals surface area contributed by atoms with Gasteiger partial charge in [0.25, 0.3) is 5.91 Å². The van der Waals surface area contributed by atoms with E-state index < -0.39 is 18.5 Å². The van der Waals surface area contributed by atoms with Gasteiger partial charge >= 0.3 is 5.97 Å². The van der Waals surface area contributed by atoms with Crippen molar-refractivity contribution in [1.29, 1.82) is 0 Å². The Morgan fingerprint density at radius 2 is 1.71 bits per heavy atom. The highest BCUT2D eigenvalue weighted by atomic mass is 35.5. The maximum absolute atomic E-state index is 12.2. The minimum absolute atomic E-state index is 0.152. The number of rotatable bonds is 9. The third kappa shape index (κ3) is 5.79. The molecule has 0 spiro atoms. The Balaban J connectivity index is 1.95. The number of carbonyl (C=O) groups excluding carboxylic acids is 2. The van der Waals surface area contributed by atoms with Gasteiger partial charge in [0, 0.05) is 5.69 Å². The normalized spacial score (nSPS) is 10.1. The molecule has 0 atom stereocenters. The maximum Gasteiger partial charge on any atom is 0.338 e. The van der Waals surface area contributed by atoms with Crippen LogP contribution in [0.2, 0.25) is 5.02 Å². The molecule has 0 radical (unpaired) electrons. The van der Waals surface area contributed by atoms with Crippen LogP contribution in [0.4, 0.5) is 5.69 Å². The van der Waals surface area contributed by atoms with E-state index in [-0.39, 0.29) is 10.6 Å². The summed E-state index contributed by atoms with van der Waals surface area (Å²) in [6, 6.07) is 9.72. The minimum Gasteiger partial charge on any atom is -0.494 e. The quantitative estimate of drug-likeness (QED) is 0.634. The number of benzene rings is 2. The van der Waals surface area contributed by atoms with Crippen molar-refractivity contribution >= 4 is 29.2 Å². The van der Waals surface area contributed by atoms with Crippen LogP contribution in [0.25, 0.3) is 0 Å². The van der Waals surface area contributed by atoms with E-state index in [1.54, 1.807) is 31.2 Å². The molecule has 0 unspecified atom stereocenters. The summed E-state index contributed by atoms with van der Waals surface area (Å²) in [5.41, 5.74) is 0.717. The van der Waals surface area contributed by atoms with Gasteiger partial charge in [-0.3, -0.25) is 4.79 Å². The van der Waals surface area contributed by atoms with Gasteiger partial charge in [0.05, 0.1) is 30.9 Å². The van der Waals surface area contributed by atoms with Gasteiger partial charge in [0.15, 0.2) is 18.1 Å². The molecule has 0 saturated heterocycles. The van der Waals surface area contributed by atoms with Crippen LogP contribution in [-0.2, 0) is 9.53 Å². The van der Waals surface area contributed by atoms with Crippen LogP contribution in [0.5, 0.6) is 17.2 Å². The van der Waals surface area contributed by atoms with Crippen LogP contribution in [0.1, 0.15) is 24.2 Å². The lowest BCUT2D eigenvalue weighted by molar-refractivity contribution is -0.119. The van der Waals surface area contributed by atoms with Gasteiger partial charge in [-0.2, -0.15) is 0 Å². The van der Waals surface area contributed by atoms with E-state index in [4.69, 9.17) is 30.5 Å². The molecule has 2 aromatic carbocycles. The Morgan fingerprint density at radius 3 is 2.32 bits per heavy atom. The first kappa shape index (κ1) is 21.4. The van der Waals surface area contributed by atoms with E-state index >= 15 is 0 Å². The SMILES string of the molecule is CCOc1ccc(NC(=O)COC(=O)c2cc(Cl)c(OCC)c(OC)c2)cc1. The van der Waals surface area contributed by atoms with Crippen LogP contribution in [0.3, 0.4) is 0 Å². The van der Waals surface area contributed by atoms with E-state index in [9.17, 15) is 9.59 Å². The number of esters is 1. The average Bonchev–Trinajstić information content (AvgIpc) is 2.69. The zero-order valence-corrected chi connectivity index (χ0v) is 16.7. The summed E-state index contributed by atoms with van der Waals surface area (Å²) in [6.07, 6.45) is 0. The Labute approximate surface area is 168 Å². The fraction of sp³-hybridized carbons (Fsp3) is 0.300. The smallest absolute Gasteiger partial charge is 0.338 e. The summed E-state index contributed by atoms with van der Waals surface area (Å²) in [4.78, 5) is 24.2. The molecule has 0 aliphatic heterocycles. The molecule has 0 fully saturated rings. The topological polar surface area (TPSA) is 83.1 Å². The Bertz CT molecular complexity index is 822. The van der Waals surface area contributed by atoms with Crippen LogP contribution in [-0.4, -0.2) is 38.8 Å². The van der Waals surface area contributed by atoms with E-state index in [1.807, 2.05) is 6.92 Å². The van der Waals surface area contributed by atoms with Crippen LogP contribution < -0.4 is 19.5 Å². The molecule has 0 aromatic heterocycles. The lowest BCUT2D eigenvalue weighted by Gasteiger charge is -2.13. The molecule has 1 N–H and O–H groups in total. The van der Waals surface area contributed by atoms with Crippen molar-refractivity contribution in [2.45, 2.75) is 13.8 Å². The third-order valence-corrected chi connectivity index (χ3v) is 3.82. The van der Waals surface area contributed by atoms with Crippen molar-refractivity contribution in [1.82, 2.24) is 0 Å². The van der Waals surface area contributed by atoms with Crippen molar-refractivity contribution in [3.8, 4) is 17.2 Å². The predicted octanol–water partition coefficient (Wildman–Crippen LogP) is 3.94. The molecule has 7 nitrogen and oxygen atoms in total. The summed E-state index contributed by atoms with van der Waals surface area (Å²) in [6.45, 7) is 4.20. The molecule has 2 rings (SSSR count). The van der Waals surface area contributed by atoms with Gasteiger partial charge in [-0.15, -0.1) is 0 Å². The molecule has 150 valence electrons.